The smallest absolute Gasteiger partial charge is 0.301 e. The van der Waals surface area contributed by atoms with E-state index in [-0.39, 0.29) is 5.76 Å². The lowest BCUT2D eigenvalue weighted by atomic mass is 10.1. The Kier molecular flexibility index (Phi) is 3.00. The summed E-state index contributed by atoms with van der Waals surface area (Å²) in [7, 11) is 0. The predicted octanol–water partition coefficient (Wildman–Crippen LogP) is 1.59. The van der Waals surface area contributed by atoms with E-state index < -0.39 is 5.91 Å². The largest absolute Gasteiger partial charge is 0.450 e. The van der Waals surface area contributed by atoms with Crippen LogP contribution in [0.2, 0.25) is 0 Å². The highest BCUT2D eigenvalue weighted by Gasteiger charge is 2.20. The van der Waals surface area contributed by atoms with Crippen LogP contribution in [0.25, 0.3) is 11.0 Å². The van der Waals surface area contributed by atoms with E-state index >= 15 is 0 Å². The summed E-state index contributed by atoms with van der Waals surface area (Å²) < 4.78 is 7.36. The number of hydrogen-bond donors (Lipinski definition) is 2. The van der Waals surface area contributed by atoms with E-state index in [0.717, 1.165) is 16.5 Å². The number of aryl methyl sites for hydroxylation is 1. The Balaban J connectivity index is 2.13. The molecule has 3 N–H and O–H groups in total. The number of fused-ring (bicyclic) bond motifs is 1. The molecule has 0 aliphatic heterocycles. The normalized spacial score (nSPS) is 10.9. The molecular formula is C14H14N4O2. The number of nitrogens with one attached hydrogen (secondary N) is 1. The van der Waals surface area contributed by atoms with Crippen molar-refractivity contribution < 1.29 is 9.21 Å². The van der Waals surface area contributed by atoms with Crippen LogP contribution in [0, 0.1) is 6.92 Å². The molecule has 0 radical (unpaired) electrons. The zero-order valence-corrected chi connectivity index (χ0v) is 11.0. The maximum atomic E-state index is 11.8. The van der Waals surface area contributed by atoms with E-state index in [9.17, 15) is 4.79 Å². The van der Waals surface area contributed by atoms with E-state index in [1.165, 1.54) is 0 Å². The molecule has 0 saturated heterocycles. The van der Waals surface area contributed by atoms with Crippen LogP contribution in [0.15, 0.2) is 41.1 Å². The van der Waals surface area contributed by atoms with Gasteiger partial charge in [0.1, 0.15) is 5.58 Å². The molecular weight excluding hydrogens is 256 g/mol. The van der Waals surface area contributed by atoms with Gasteiger partial charge in [-0.2, -0.15) is 5.10 Å². The highest BCUT2D eigenvalue weighted by Crippen LogP contribution is 2.26. The molecule has 1 aromatic carbocycles. The minimum Gasteiger partial charge on any atom is -0.450 e. The molecule has 1 amide bonds. The van der Waals surface area contributed by atoms with Crippen molar-refractivity contribution in [3.63, 3.8) is 0 Å². The van der Waals surface area contributed by atoms with Crippen molar-refractivity contribution in [3.05, 3.63) is 53.5 Å². The SMILES string of the molecule is Cc1cnn(Cc2c(C(=O)NN)oc3ccccc23)c1. The van der Waals surface area contributed by atoms with Gasteiger partial charge in [0.2, 0.25) is 0 Å². The number of carbonyl (C=O) groups is 1. The molecule has 0 aliphatic carbocycles. The van der Waals surface area contributed by atoms with Gasteiger partial charge in [0.25, 0.3) is 0 Å². The highest BCUT2D eigenvalue weighted by atomic mass is 16.3. The van der Waals surface area contributed by atoms with Crippen molar-refractivity contribution in [2.45, 2.75) is 13.5 Å². The number of rotatable bonds is 3. The first-order chi connectivity index (χ1) is 9.69. The fourth-order valence-electron chi connectivity index (χ4n) is 2.22. The van der Waals surface area contributed by atoms with Gasteiger partial charge >= 0.3 is 5.91 Å². The summed E-state index contributed by atoms with van der Waals surface area (Å²) in [6, 6.07) is 7.50. The van der Waals surface area contributed by atoms with Crippen molar-refractivity contribution in [2.75, 3.05) is 0 Å². The number of nitrogens with zero attached hydrogens (tertiary/aromatic N) is 2. The zero-order valence-electron chi connectivity index (χ0n) is 11.0. The lowest BCUT2D eigenvalue weighted by Gasteiger charge is -2.02. The number of amides is 1. The van der Waals surface area contributed by atoms with Crippen LogP contribution < -0.4 is 11.3 Å². The fourth-order valence-corrected chi connectivity index (χ4v) is 2.22. The molecule has 0 spiro atoms. The number of hydrazine groups is 1. The first-order valence-corrected chi connectivity index (χ1v) is 6.19. The maximum Gasteiger partial charge on any atom is 0.301 e. The molecule has 2 heterocycles. The van der Waals surface area contributed by atoms with Crippen molar-refractivity contribution in [1.82, 2.24) is 15.2 Å². The van der Waals surface area contributed by atoms with Gasteiger partial charge in [-0.05, 0) is 18.6 Å². The van der Waals surface area contributed by atoms with Crippen LogP contribution >= 0.6 is 0 Å². The molecule has 2 aromatic heterocycles. The van der Waals surface area contributed by atoms with Crippen LogP contribution in [0.4, 0.5) is 0 Å². The molecule has 3 aromatic rings. The van der Waals surface area contributed by atoms with Gasteiger partial charge in [-0.1, -0.05) is 18.2 Å². The Morgan fingerprint density at radius 3 is 2.95 bits per heavy atom. The second kappa shape index (κ2) is 4.82. The maximum absolute atomic E-state index is 11.8. The Morgan fingerprint density at radius 1 is 1.45 bits per heavy atom. The Hall–Kier alpha value is -2.60. The molecule has 0 saturated carbocycles. The van der Waals surface area contributed by atoms with Crippen LogP contribution in [-0.2, 0) is 6.54 Å². The van der Waals surface area contributed by atoms with Gasteiger partial charge in [-0.15, -0.1) is 0 Å². The minimum atomic E-state index is -0.444. The number of benzene rings is 1. The van der Waals surface area contributed by atoms with E-state index in [1.807, 2.05) is 37.4 Å². The van der Waals surface area contributed by atoms with Crippen molar-refractivity contribution in [2.24, 2.45) is 5.84 Å². The average Bonchev–Trinajstić information content (AvgIpc) is 3.03. The van der Waals surface area contributed by atoms with E-state index in [0.29, 0.717) is 12.1 Å². The lowest BCUT2D eigenvalue weighted by Crippen LogP contribution is -2.30. The lowest BCUT2D eigenvalue weighted by molar-refractivity contribution is 0.0926. The van der Waals surface area contributed by atoms with Gasteiger partial charge in [0.05, 0.1) is 12.7 Å². The molecule has 20 heavy (non-hydrogen) atoms. The third kappa shape index (κ3) is 2.06. The average molecular weight is 270 g/mol. The molecule has 6 heteroatoms. The van der Waals surface area contributed by atoms with Gasteiger partial charge < -0.3 is 4.42 Å². The van der Waals surface area contributed by atoms with Crippen LogP contribution in [0.1, 0.15) is 21.7 Å². The first-order valence-electron chi connectivity index (χ1n) is 6.19. The van der Waals surface area contributed by atoms with Gasteiger partial charge in [0, 0.05) is 17.1 Å². The molecule has 0 aliphatic rings. The standard InChI is InChI=1S/C14H14N4O2/c1-9-6-16-18(7-9)8-11-10-4-2-3-5-12(10)20-13(11)14(19)17-15/h2-7H,8,15H2,1H3,(H,17,19). The van der Waals surface area contributed by atoms with Gasteiger partial charge in [-0.25, -0.2) is 5.84 Å². The summed E-state index contributed by atoms with van der Waals surface area (Å²) in [5, 5.41) is 5.12. The third-order valence-electron chi connectivity index (χ3n) is 3.12. The van der Waals surface area contributed by atoms with E-state index in [1.54, 1.807) is 10.9 Å². The number of para-hydroxylation sites is 1. The summed E-state index contributed by atoms with van der Waals surface area (Å²) in [6.07, 6.45) is 3.68. The number of nitrogen functional groups attached to an aromatic ring is 1. The zero-order chi connectivity index (χ0) is 14.1. The van der Waals surface area contributed by atoms with Crippen molar-refractivity contribution in [3.8, 4) is 0 Å². The number of nitrogens with two attached hydrogens (primary N) is 1. The predicted molar refractivity (Wildman–Crippen MR) is 73.9 cm³/mol. The second-order valence-corrected chi connectivity index (χ2v) is 4.59. The Morgan fingerprint density at radius 2 is 2.25 bits per heavy atom. The van der Waals surface area contributed by atoms with Crippen molar-refractivity contribution >= 4 is 16.9 Å². The van der Waals surface area contributed by atoms with Gasteiger partial charge in [-0.3, -0.25) is 14.9 Å². The third-order valence-corrected chi connectivity index (χ3v) is 3.12. The molecule has 0 fully saturated rings. The molecule has 0 bridgehead atoms. The van der Waals surface area contributed by atoms with E-state index in [4.69, 9.17) is 10.3 Å². The molecule has 0 atom stereocenters. The summed E-state index contributed by atoms with van der Waals surface area (Å²) in [4.78, 5) is 11.8. The van der Waals surface area contributed by atoms with Crippen LogP contribution in [-0.4, -0.2) is 15.7 Å². The first kappa shape index (κ1) is 12.4. The van der Waals surface area contributed by atoms with Crippen molar-refractivity contribution in [1.29, 1.82) is 0 Å². The van der Waals surface area contributed by atoms with Crippen LogP contribution in [0.5, 0.6) is 0 Å². The number of hydrogen-bond acceptors (Lipinski definition) is 4. The summed E-state index contributed by atoms with van der Waals surface area (Å²) >= 11 is 0. The Bertz CT molecular complexity index is 772. The number of aromatic nitrogens is 2. The summed E-state index contributed by atoms with van der Waals surface area (Å²) in [5.41, 5.74) is 4.60. The summed E-state index contributed by atoms with van der Waals surface area (Å²) in [6.45, 7) is 2.41. The van der Waals surface area contributed by atoms with Crippen LogP contribution in [0.3, 0.4) is 0 Å². The fraction of sp³-hybridized carbons (Fsp3) is 0.143. The molecule has 0 unspecified atom stereocenters. The number of carbonyl (C=O) groups excluding carboxylic acids is 1. The van der Waals surface area contributed by atoms with Gasteiger partial charge in [0.15, 0.2) is 5.76 Å². The quantitative estimate of drug-likeness (QED) is 0.430. The molecule has 102 valence electrons. The molecule has 3 rings (SSSR count). The monoisotopic (exact) mass is 270 g/mol. The molecule has 6 nitrogen and oxygen atoms in total. The van der Waals surface area contributed by atoms with E-state index in [2.05, 4.69) is 10.5 Å². The second-order valence-electron chi connectivity index (χ2n) is 4.59. The summed E-state index contributed by atoms with van der Waals surface area (Å²) in [5.74, 6) is 4.99. The highest BCUT2D eigenvalue weighted by molar-refractivity contribution is 5.98. The minimum absolute atomic E-state index is 0.224. The topological polar surface area (TPSA) is 86.1 Å². The Labute approximate surface area is 115 Å². The number of furan rings is 1.